The molecule has 4 rings (SSSR count). The van der Waals surface area contributed by atoms with Crippen LogP contribution in [0.5, 0.6) is 0 Å². The van der Waals surface area contributed by atoms with Crippen LogP contribution >= 0.6 is 0 Å². The number of rotatable bonds is 4. The zero-order valence-corrected chi connectivity index (χ0v) is 12.8. The molecule has 23 heavy (non-hydrogen) atoms. The number of morpholine rings is 1. The Labute approximate surface area is 134 Å². The van der Waals surface area contributed by atoms with Gasteiger partial charge in [0.1, 0.15) is 5.82 Å². The van der Waals surface area contributed by atoms with E-state index in [0.29, 0.717) is 6.61 Å². The molecule has 3 heterocycles. The molecule has 6 heteroatoms. The van der Waals surface area contributed by atoms with Crippen molar-refractivity contribution in [3.05, 3.63) is 60.6 Å². The van der Waals surface area contributed by atoms with Gasteiger partial charge in [-0.3, -0.25) is 4.90 Å². The number of hydrogen-bond donors (Lipinski definition) is 2. The van der Waals surface area contributed by atoms with Crippen molar-refractivity contribution in [2.24, 2.45) is 0 Å². The average molecular weight is 309 g/mol. The van der Waals surface area contributed by atoms with Gasteiger partial charge in [0.15, 0.2) is 0 Å². The number of aromatic nitrogens is 4. The van der Waals surface area contributed by atoms with E-state index in [1.807, 2.05) is 30.6 Å². The fraction of sp³-hybridized carbons (Fsp3) is 0.294. The third-order valence-electron chi connectivity index (χ3n) is 4.16. The van der Waals surface area contributed by atoms with E-state index in [-0.39, 0.29) is 6.04 Å². The van der Waals surface area contributed by atoms with Gasteiger partial charge < -0.3 is 14.7 Å². The Morgan fingerprint density at radius 1 is 1.22 bits per heavy atom. The number of nitrogens with one attached hydrogen (secondary N) is 2. The van der Waals surface area contributed by atoms with Gasteiger partial charge in [0.05, 0.1) is 37.5 Å². The molecule has 0 spiro atoms. The Bertz CT molecular complexity index is 737. The maximum absolute atomic E-state index is 5.67. The number of aromatic amines is 2. The van der Waals surface area contributed by atoms with Crippen LogP contribution in [0.25, 0.3) is 11.3 Å². The molecule has 2 aromatic heterocycles. The molecule has 2 N–H and O–H groups in total. The van der Waals surface area contributed by atoms with Crippen molar-refractivity contribution in [1.82, 2.24) is 24.8 Å². The van der Waals surface area contributed by atoms with Crippen molar-refractivity contribution in [2.75, 3.05) is 19.8 Å². The minimum absolute atomic E-state index is 0.129. The minimum atomic E-state index is 0.129. The number of nitrogens with zero attached hydrogens (tertiary/aromatic N) is 3. The lowest BCUT2D eigenvalue weighted by atomic mass is 10.2. The third-order valence-corrected chi connectivity index (χ3v) is 4.16. The highest BCUT2D eigenvalue weighted by Gasteiger charge is 2.27. The molecule has 1 atom stereocenters. The second-order valence-corrected chi connectivity index (χ2v) is 5.69. The van der Waals surface area contributed by atoms with E-state index >= 15 is 0 Å². The summed E-state index contributed by atoms with van der Waals surface area (Å²) in [6, 6.07) is 10.4. The van der Waals surface area contributed by atoms with Gasteiger partial charge in [0.25, 0.3) is 0 Å². The minimum Gasteiger partial charge on any atom is -0.378 e. The number of hydrogen-bond acceptors (Lipinski definition) is 4. The van der Waals surface area contributed by atoms with E-state index in [1.54, 1.807) is 6.33 Å². The number of imidazole rings is 2. The van der Waals surface area contributed by atoms with Crippen LogP contribution in [0.3, 0.4) is 0 Å². The third kappa shape index (κ3) is 3.04. The summed E-state index contributed by atoms with van der Waals surface area (Å²) in [7, 11) is 0. The van der Waals surface area contributed by atoms with Gasteiger partial charge in [-0.15, -0.1) is 0 Å². The Kier molecular flexibility index (Phi) is 3.92. The van der Waals surface area contributed by atoms with Gasteiger partial charge in [0.2, 0.25) is 0 Å². The normalized spacial score (nSPS) is 19.0. The van der Waals surface area contributed by atoms with Crippen molar-refractivity contribution in [2.45, 2.75) is 12.6 Å². The molecule has 0 saturated carbocycles. The smallest absolute Gasteiger partial charge is 0.126 e. The summed E-state index contributed by atoms with van der Waals surface area (Å²) in [4.78, 5) is 17.7. The molecule has 1 unspecified atom stereocenters. The SMILES string of the molecule is c1ccc(-c2cnc(C3COCCN3Cc3cnc[nH]3)[nH]2)cc1. The first-order valence-electron chi connectivity index (χ1n) is 7.79. The summed E-state index contributed by atoms with van der Waals surface area (Å²) < 4.78 is 5.67. The summed E-state index contributed by atoms with van der Waals surface area (Å²) in [5.41, 5.74) is 3.28. The highest BCUT2D eigenvalue weighted by atomic mass is 16.5. The van der Waals surface area contributed by atoms with Gasteiger partial charge in [-0.25, -0.2) is 9.97 Å². The van der Waals surface area contributed by atoms with Gasteiger partial charge in [-0.2, -0.15) is 0 Å². The predicted octanol–water partition coefficient (Wildman–Crippen LogP) is 2.37. The van der Waals surface area contributed by atoms with Crippen LogP contribution in [0.15, 0.2) is 49.1 Å². The van der Waals surface area contributed by atoms with E-state index in [2.05, 4.69) is 37.0 Å². The van der Waals surface area contributed by atoms with E-state index in [0.717, 1.165) is 42.5 Å². The molecule has 0 amide bonds. The maximum Gasteiger partial charge on any atom is 0.126 e. The lowest BCUT2D eigenvalue weighted by molar-refractivity contribution is -0.0161. The largest absolute Gasteiger partial charge is 0.378 e. The van der Waals surface area contributed by atoms with Crippen LogP contribution < -0.4 is 0 Å². The summed E-state index contributed by atoms with van der Waals surface area (Å²) in [6.07, 6.45) is 5.48. The monoisotopic (exact) mass is 309 g/mol. The molecule has 0 radical (unpaired) electrons. The first kappa shape index (κ1) is 14.2. The van der Waals surface area contributed by atoms with Crippen molar-refractivity contribution >= 4 is 0 Å². The highest BCUT2D eigenvalue weighted by Crippen LogP contribution is 2.26. The second-order valence-electron chi connectivity index (χ2n) is 5.69. The summed E-state index contributed by atoms with van der Waals surface area (Å²) >= 11 is 0. The molecule has 118 valence electrons. The van der Waals surface area contributed by atoms with Crippen LogP contribution in [0.2, 0.25) is 0 Å². The average Bonchev–Trinajstić information content (AvgIpc) is 3.28. The zero-order chi connectivity index (χ0) is 15.5. The molecule has 1 saturated heterocycles. The van der Waals surface area contributed by atoms with E-state index in [4.69, 9.17) is 4.74 Å². The molecule has 6 nitrogen and oxygen atoms in total. The molecule has 0 aliphatic carbocycles. The Balaban J connectivity index is 1.56. The van der Waals surface area contributed by atoms with Gasteiger partial charge in [-0.1, -0.05) is 30.3 Å². The van der Waals surface area contributed by atoms with Gasteiger partial charge >= 0.3 is 0 Å². The van der Waals surface area contributed by atoms with Crippen LogP contribution in [-0.2, 0) is 11.3 Å². The lowest BCUT2D eigenvalue weighted by Crippen LogP contribution is -2.39. The maximum atomic E-state index is 5.67. The Hall–Kier alpha value is -2.44. The van der Waals surface area contributed by atoms with Crippen molar-refractivity contribution < 1.29 is 4.74 Å². The van der Waals surface area contributed by atoms with E-state index in [1.165, 1.54) is 0 Å². The quantitative estimate of drug-likeness (QED) is 0.776. The molecule has 0 bridgehead atoms. The topological polar surface area (TPSA) is 69.8 Å². The summed E-state index contributed by atoms with van der Waals surface area (Å²) in [5, 5.41) is 0. The van der Waals surface area contributed by atoms with Crippen LogP contribution in [0.1, 0.15) is 17.6 Å². The Morgan fingerprint density at radius 2 is 2.13 bits per heavy atom. The van der Waals surface area contributed by atoms with Crippen molar-refractivity contribution in [3.8, 4) is 11.3 Å². The number of ether oxygens (including phenoxy) is 1. The first-order chi connectivity index (χ1) is 11.4. The second kappa shape index (κ2) is 6.36. The van der Waals surface area contributed by atoms with Gasteiger partial charge in [-0.05, 0) is 5.56 Å². The van der Waals surface area contributed by atoms with E-state index in [9.17, 15) is 0 Å². The molecular weight excluding hydrogens is 290 g/mol. The predicted molar refractivity (Wildman–Crippen MR) is 86.6 cm³/mol. The zero-order valence-electron chi connectivity index (χ0n) is 12.8. The first-order valence-corrected chi connectivity index (χ1v) is 7.79. The van der Waals surface area contributed by atoms with Crippen LogP contribution in [0, 0.1) is 0 Å². The fourth-order valence-corrected chi connectivity index (χ4v) is 2.94. The van der Waals surface area contributed by atoms with Crippen LogP contribution in [0.4, 0.5) is 0 Å². The fourth-order valence-electron chi connectivity index (χ4n) is 2.94. The van der Waals surface area contributed by atoms with Crippen molar-refractivity contribution in [1.29, 1.82) is 0 Å². The number of H-pyrrole nitrogens is 2. The molecular formula is C17H19N5O. The molecule has 1 aliphatic heterocycles. The number of benzene rings is 1. The molecule has 1 aliphatic rings. The molecule has 3 aromatic rings. The Morgan fingerprint density at radius 3 is 2.96 bits per heavy atom. The van der Waals surface area contributed by atoms with E-state index < -0.39 is 0 Å². The molecule has 1 fully saturated rings. The standard InChI is InChI=1S/C17H19N5O/c1-2-4-13(5-3-1)15-9-19-17(21-15)16-11-23-7-6-22(16)10-14-8-18-12-20-14/h1-5,8-9,12,16H,6-7,10-11H2,(H,18,20)(H,19,21). The summed E-state index contributed by atoms with van der Waals surface area (Å²) in [6.45, 7) is 3.09. The van der Waals surface area contributed by atoms with Crippen LogP contribution in [-0.4, -0.2) is 44.6 Å². The lowest BCUT2D eigenvalue weighted by Gasteiger charge is -2.33. The van der Waals surface area contributed by atoms with Gasteiger partial charge in [0, 0.05) is 25.0 Å². The molecule has 1 aromatic carbocycles. The highest BCUT2D eigenvalue weighted by molar-refractivity contribution is 5.58. The van der Waals surface area contributed by atoms with Crippen molar-refractivity contribution in [3.63, 3.8) is 0 Å². The summed E-state index contributed by atoms with van der Waals surface area (Å²) in [5.74, 6) is 0.947.